The number of para-hydroxylation sites is 2. The largest absolute Gasteiger partial charge is 0.488 e. The molecule has 0 radical (unpaired) electrons. The standard InChI is InChI=1S/C20H16Cl2N2O/c21-17-11-10-16(19(22)12-17)14-25-20-9-5-4-6-15(20)13-23-24-18-7-2-1-3-8-18/h1-13,24H,14H2. The molecule has 0 heterocycles. The fraction of sp³-hybridized carbons (Fsp3) is 0.0500. The molecule has 0 saturated carbocycles. The Hall–Kier alpha value is -2.49. The van der Waals surface area contributed by atoms with Crippen LogP contribution in [0.2, 0.25) is 10.0 Å². The number of hydrazone groups is 1. The lowest BCUT2D eigenvalue weighted by Gasteiger charge is -2.10. The summed E-state index contributed by atoms with van der Waals surface area (Å²) in [6, 6.07) is 22.8. The van der Waals surface area contributed by atoms with Crippen LogP contribution in [-0.4, -0.2) is 6.21 Å². The molecule has 1 N–H and O–H groups in total. The summed E-state index contributed by atoms with van der Waals surface area (Å²) in [5.41, 5.74) is 5.66. The number of anilines is 1. The van der Waals surface area contributed by atoms with E-state index in [4.69, 9.17) is 27.9 Å². The molecule has 0 saturated heterocycles. The summed E-state index contributed by atoms with van der Waals surface area (Å²) in [4.78, 5) is 0. The first-order valence-corrected chi connectivity index (χ1v) is 8.48. The van der Waals surface area contributed by atoms with Crippen LogP contribution in [0, 0.1) is 0 Å². The van der Waals surface area contributed by atoms with Crippen molar-refractivity contribution >= 4 is 35.1 Å². The summed E-state index contributed by atoms with van der Waals surface area (Å²) in [7, 11) is 0. The zero-order valence-corrected chi connectivity index (χ0v) is 14.8. The van der Waals surface area contributed by atoms with Crippen LogP contribution in [0.5, 0.6) is 5.75 Å². The summed E-state index contributed by atoms with van der Waals surface area (Å²) in [6.45, 7) is 0.354. The predicted molar refractivity (Wildman–Crippen MR) is 105 cm³/mol. The zero-order chi connectivity index (χ0) is 17.5. The molecule has 3 aromatic carbocycles. The lowest BCUT2D eigenvalue weighted by molar-refractivity contribution is 0.306. The van der Waals surface area contributed by atoms with Crippen molar-refractivity contribution < 1.29 is 4.74 Å². The lowest BCUT2D eigenvalue weighted by atomic mass is 10.2. The van der Waals surface area contributed by atoms with E-state index in [2.05, 4.69) is 10.5 Å². The van der Waals surface area contributed by atoms with E-state index >= 15 is 0 Å². The Bertz CT molecular complexity index is 867. The van der Waals surface area contributed by atoms with Gasteiger partial charge in [-0.2, -0.15) is 5.10 Å². The molecule has 0 aromatic heterocycles. The van der Waals surface area contributed by atoms with Gasteiger partial charge in [0.1, 0.15) is 12.4 Å². The molecule has 0 aliphatic heterocycles. The molecular weight excluding hydrogens is 355 g/mol. The van der Waals surface area contributed by atoms with Crippen LogP contribution in [0.25, 0.3) is 0 Å². The highest BCUT2D eigenvalue weighted by Crippen LogP contribution is 2.24. The number of hydrogen-bond acceptors (Lipinski definition) is 3. The first-order valence-electron chi connectivity index (χ1n) is 7.72. The van der Waals surface area contributed by atoms with Crippen molar-refractivity contribution in [3.05, 3.63) is 94.0 Å². The third kappa shape index (κ3) is 4.99. The molecular formula is C20H16Cl2N2O. The number of ether oxygens (including phenoxy) is 1. The van der Waals surface area contributed by atoms with E-state index < -0.39 is 0 Å². The molecule has 0 amide bonds. The number of nitrogens with one attached hydrogen (secondary N) is 1. The van der Waals surface area contributed by atoms with E-state index in [-0.39, 0.29) is 0 Å². The van der Waals surface area contributed by atoms with Gasteiger partial charge in [-0.15, -0.1) is 0 Å². The number of halogens is 2. The number of benzene rings is 3. The SMILES string of the molecule is Clc1ccc(COc2ccccc2C=NNc2ccccc2)c(Cl)c1. The first kappa shape index (κ1) is 17.3. The maximum absolute atomic E-state index is 6.19. The minimum absolute atomic E-state index is 0.354. The van der Waals surface area contributed by atoms with Gasteiger partial charge >= 0.3 is 0 Å². The summed E-state index contributed by atoms with van der Waals surface area (Å²) in [5.74, 6) is 0.729. The lowest BCUT2D eigenvalue weighted by Crippen LogP contribution is -1.99. The second kappa shape index (κ2) is 8.56. The molecule has 0 spiro atoms. The van der Waals surface area contributed by atoms with Crippen molar-refractivity contribution in [1.29, 1.82) is 0 Å². The Kier molecular flexibility index (Phi) is 5.94. The van der Waals surface area contributed by atoms with E-state index in [1.165, 1.54) is 0 Å². The minimum Gasteiger partial charge on any atom is -0.488 e. The highest BCUT2D eigenvalue weighted by molar-refractivity contribution is 6.35. The molecule has 126 valence electrons. The monoisotopic (exact) mass is 370 g/mol. The van der Waals surface area contributed by atoms with Crippen molar-refractivity contribution in [2.75, 3.05) is 5.43 Å². The van der Waals surface area contributed by atoms with Crippen LogP contribution in [-0.2, 0) is 6.61 Å². The van der Waals surface area contributed by atoms with Crippen LogP contribution in [0.15, 0.2) is 77.9 Å². The molecule has 0 aliphatic rings. The van der Waals surface area contributed by atoms with Gasteiger partial charge in [-0.3, -0.25) is 5.43 Å². The van der Waals surface area contributed by atoms with Gasteiger partial charge in [-0.25, -0.2) is 0 Å². The highest BCUT2D eigenvalue weighted by atomic mass is 35.5. The van der Waals surface area contributed by atoms with Crippen molar-refractivity contribution in [3.8, 4) is 5.75 Å². The summed E-state index contributed by atoms with van der Waals surface area (Å²) in [6.07, 6.45) is 1.73. The third-order valence-electron chi connectivity index (χ3n) is 3.49. The van der Waals surface area contributed by atoms with Gasteiger partial charge in [0.2, 0.25) is 0 Å². The van der Waals surface area contributed by atoms with E-state index in [0.29, 0.717) is 16.7 Å². The molecule has 25 heavy (non-hydrogen) atoms. The van der Waals surface area contributed by atoms with Gasteiger partial charge in [0.15, 0.2) is 0 Å². The number of rotatable bonds is 6. The Balaban J connectivity index is 1.68. The smallest absolute Gasteiger partial charge is 0.128 e. The quantitative estimate of drug-likeness (QED) is 0.425. The molecule has 0 unspecified atom stereocenters. The summed E-state index contributed by atoms with van der Waals surface area (Å²) in [5, 5.41) is 5.45. The van der Waals surface area contributed by atoms with Gasteiger partial charge in [-0.1, -0.05) is 59.6 Å². The maximum atomic E-state index is 6.19. The molecule has 3 aromatic rings. The van der Waals surface area contributed by atoms with E-state index in [1.54, 1.807) is 18.3 Å². The average Bonchev–Trinajstić information content (AvgIpc) is 2.63. The predicted octanol–water partition coefficient (Wildman–Crippen LogP) is 6.02. The third-order valence-corrected chi connectivity index (χ3v) is 4.08. The molecule has 3 rings (SSSR count). The Morgan fingerprint density at radius 1 is 0.920 bits per heavy atom. The Morgan fingerprint density at radius 3 is 2.48 bits per heavy atom. The van der Waals surface area contributed by atoms with Gasteiger partial charge in [-0.05, 0) is 36.4 Å². The summed E-state index contributed by atoms with van der Waals surface area (Å²) < 4.78 is 5.90. The zero-order valence-electron chi connectivity index (χ0n) is 13.3. The van der Waals surface area contributed by atoms with Crippen LogP contribution in [0.1, 0.15) is 11.1 Å². The normalized spacial score (nSPS) is 10.8. The molecule has 0 fully saturated rings. The topological polar surface area (TPSA) is 33.6 Å². The van der Waals surface area contributed by atoms with Gasteiger partial charge in [0.25, 0.3) is 0 Å². The Labute approximate surface area is 156 Å². The van der Waals surface area contributed by atoms with E-state index in [0.717, 1.165) is 22.6 Å². The second-order valence-corrected chi connectivity index (χ2v) is 6.14. The molecule has 0 aliphatic carbocycles. The van der Waals surface area contributed by atoms with Crippen molar-refractivity contribution in [3.63, 3.8) is 0 Å². The van der Waals surface area contributed by atoms with Gasteiger partial charge in [0, 0.05) is 21.2 Å². The molecule has 0 atom stereocenters. The fourth-order valence-electron chi connectivity index (χ4n) is 2.20. The maximum Gasteiger partial charge on any atom is 0.128 e. The van der Waals surface area contributed by atoms with E-state index in [1.807, 2.05) is 60.7 Å². The Morgan fingerprint density at radius 2 is 1.68 bits per heavy atom. The van der Waals surface area contributed by atoms with Crippen LogP contribution >= 0.6 is 23.2 Å². The molecule has 0 bridgehead atoms. The van der Waals surface area contributed by atoms with Crippen LogP contribution in [0.4, 0.5) is 5.69 Å². The first-order chi connectivity index (χ1) is 12.2. The van der Waals surface area contributed by atoms with Crippen molar-refractivity contribution in [2.24, 2.45) is 5.10 Å². The number of hydrogen-bond donors (Lipinski definition) is 1. The van der Waals surface area contributed by atoms with Crippen molar-refractivity contribution in [2.45, 2.75) is 6.61 Å². The molecule has 3 nitrogen and oxygen atoms in total. The summed E-state index contributed by atoms with van der Waals surface area (Å²) >= 11 is 12.1. The molecule has 5 heteroatoms. The van der Waals surface area contributed by atoms with Crippen molar-refractivity contribution in [1.82, 2.24) is 0 Å². The van der Waals surface area contributed by atoms with Crippen LogP contribution in [0.3, 0.4) is 0 Å². The van der Waals surface area contributed by atoms with Gasteiger partial charge in [0.05, 0.1) is 11.9 Å². The van der Waals surface area contributed by atoms with Crippen LogP contribution < -0.4 is 10.2 Å². The van der Waals surface area contributed by atoms with Gasteiger partial charge < -0.3 is 4.74 Å². The fourth-order valence-corrected chi connectivity index (χ4v) is 2.66. The highest BCUT2D eigenvalue weighted by Gasteiger charge is 2.05. The average molecular weight is 371 g/mol. The minimum atomic E-state index is 0.354. The second-order valence-electron chi connectivity index (χ2n) is 5.30. The number of nitrogens with zero attached hydrogens (tertiary/aromatic N) is 1. The van der Waals surface area contributed by atoms with E-state index in [9.17, 15) is 0 Å².